The van der Waals surface area contributed by atoms with Crippen molar-refractivity contribution in [2.24, 2.45) is 11.0 Å². The molecular weight excluding hydrogens is 328 g/mol. The Bertz CT molecular complexity index is 828. The van der Waals surface area contributed by atoms with E-state index < -0.39 is 10.0 Å². The molecule has 2 aromatic rings. The van der Waals surface area contributed by atoms with Crippen molar-refractivity contribution in [3.05, 3.63) is 53.6 Å². The number of nitrogens with one attached hydrogen (secondary N) is 1. The molecule has 0 aromatic heterocycles. The molecule has 0 aliphatic carbocycles. The highest BCUT2D eigenvalue weighted by Gasteiger charge is 2.12. The second kappa shape index (κ2) is 7.35. The summed E-state index contributed by atoms with van der Waals surface area (Å²) in [5, 5.41) is 22.3. The van der Waals surface area contributed by atoms with Crippen molar-refractivity contribution in [1.82, 2.24) is 4.83 Å². The summed E-state index contributed by atoms with van der Waals surface area (Å²) in [4.78, 5) is 2.24. The number of sulfonamides is 1. The maximum atomic E-state index is 12.2. The van der Waals surface area contributed by atoms with Crippen LogP contribution in [0.5, 0.6) is 11.5 Å². The fourth-order valence-electron chi connectivity index (χ4n) is 2.12. The fourth-order valence-corrected chi connectivity index (χ4v) is 2.91. The minimum atomic E-state index is -3.75. The van der Waals surface area contributed by atoms with Crippen molar-refractivity contribution < 1.29 is 18.6 Å². The van der Waals surface area contributed by atoms with Crippen LogP contribution in [-0.4, -0.2) is 24.8 Å². The first-order valence-electron chi connectivity index (χ1n) is 7.44. The van der Waals surface area contributed by atoms with Gasteiger partial charge in [-0.15, -0.1) is 0 Å². The Hall–Kier alpha value is -2.54. The van der Waals surface area contributed by atoms with E-state index in [0.717, 1.165) is 12.0 Å². The minimum Gasteiger partial charge on any atom is -0.504 e. The van der Waals surface area contributed by atoms with Crippen LogP contribution in [0.3, 0.4) is 0 Å². The van der Waals surface area contributed by atoms with Gasteiger partial charge < -0.3 is 10.2 Å². The van der Waals surface area contributed by atoms with E-state index in [4.69, 9.17) is 0 Å². The lowest BCUT2D eigenvalue weighted by atomic mass is 10.0. The average molecular weight is 348 g/mol. The lowest BCUT2D eigenvalue weighted by Gasteiger charge is -2.07. The molecule has 7 heteroatoms. The Balaban J connectivity index is 2.07. The Morgan fingerprint density at radius 3 is 2.33 bits per heavy atom. The Morgan fingerprint density at radius 1 is 1.08 bits per heavy atom. The summed E-state index contributed by atoms with van der Waals surface area (Å²) < 4.78 is 24.3. The van der Waals surface area contributed by atoms with Crippen LogP contribution in [0.4, 0.5) is 0 Å². The molecule has 3 N–H and O–H groups in total. The Kier molecular flexibility index (Phi) is 5.46. The molecule has 0 spiro atoms. The highest BCUT2D eigenvalue weighted by molar-refractivity contribution is 7.89. The minimum absolute atomic E-state index is 0.126. The van der Waals surface area contributed by atoms with E-state index in [1.54, 1.807) is 24.3 Å². The van der Waals surface area contributed by atoms with Gasteiger partial charge in [-0.05, 0) is 53.8 Å². The van der Waals surface area contributed by atoms with E-state index in [-0.39, 0.29) is 16.4 Å². The molecule has 0 heterocycles. The van der Waals surface area contributed by atoms with Gasteiger partial charge in [-0.1, -0.05) is 26.0 Å². The van der Waals surface area contributed by atoms with Gasteiger partial charge in [0.2, 0.25) is 0 Å². The third kappa shape index (κ3) is 4.73. The molecule has 24 heavy (non-hydrogen) atoms. The lowest BCUT2D eigenvalue weighted by Crippen LogP contribution is -2.18. The molecule has 0 bridgehead atoms. The Labute approximate surface area is 141 Å². The summed E-state index contributed by atoms with van der Waals surface area (Å²) in [5.41, 5.74) is 1.52. The second-order valence-corrected chi connectivity index (χ2v) is 7.50. The zero-order chi connectivity index (χ0) is 17.7. The van der Waals surface area contributed by atoms with Crippen LogP contribution in [0.15, 0.2) is 52.5 Å². The summed E-state index contributed by atoms with van der Waals surface area (Å²) in [6, 6.07) is 10.7. The standard InChI is InChI=1S/C17H20N2O4S/c1-12(2)9-13-3-6-15(7-4-13)24(22,23)19-18-11-14-5-8-16(20)17(21)10-14/h3-8,10-12,19-21H,9H2,1-2H3/b18-11+. The summed E-state index contributed by atoms with van der Waals surface area (Å²) in [7, 11) is -3.75. The molecule has 2 aromatic carbocycles. The molecule has 0 saturated carbocycles. The van der Waals surface area contributed by atoms with Gasteiger partial charge >= 0.3 is 0 Å². The molecule has 0 fully saturated rings. The first kappa shape index (κ1) is 17.8. The van der Waals surface area contributed by atoms with Gasteiger partial charge in [-0.25, -0.2) is 4.83 Å². The van der Waals surface area contributed by atoms with Crippen molar-refractivity contribution in [1.29, 1.82) is 0 Å². The van der Waals surface area contributed by atoms with Gasteiger partial charge in [0.15, 0.2) is 11.5 Å². The zero-order valence-corrected chi connectivity index (χ0v) is 14.3. The van der Waals surface area contributed by atoms with Gasteiger partial charge in [0, 0.05) is 0 Å². The van der Waals surface area contributed by atoms with Gasteiger partial charge in [0.25, 0.3) is 10.0 Å². The fraction of sp³-hybridized carbons (Fsp3) is 0.235. The van der Waals surface area contributed by atoms with E-state index in [1.807, 2.05) is 0 Å². The number of phenols is 2. The molecule has 0 atom stereocenters. The topological polar surface area (TPSA) is 99.0 Å². The third-order valence-electron chi connectivity index (χ3n) is 3.26. The maximum Gasteiger partial charge on any atom is 0.276 e. The van der Waals surface area contributed by atoms with Gasteiger partial charge in [0.05, 0.1) is 11.1 Å². The molecule has 0 amide bonds. The van der Waals surface area contributed by atoms with Crippen molar-refractivity contribution in [3.8, 4) is 11.5 Å². The number of hydrazone groups is 1. The molecule has 0 saturated heterocycles. The van der Waals surface area contributed by atoms with Crippen LogP contribution < -0.4 is 4.83 Å². The van der Waals surface area contributed by atoms with Crippen molar-refractivity contribution >= 4 is 16.2 Å². The molecule has 6 nitrogen and oxygen atoms in total. The molecule has 0 aliphatic heterocycles. The lowest BCUT2D eigenvalue weighted by molar-refractivity contribution is 0.403. The van der Waals surface area contributed by atoms with Crippen LogP contribution in [0, 0.1) is 5.92 Å². The van der Waals surface area contributed by atoms with E-state index in [9.17, 15) is 18.6 Å². The average Bonchev–Trinajstić information content (AvgIpc) is 2.50. The molecule has 0 unspecified atom stereocenters. The summed E-state index contributed by atoms with van der Waals surface area (Å²) in [5.74, 6) is -0.0614. The van der Waals surface area contributed by atoms with Gasteiger partial charge in [-0.3, -0.25) is 0 Å². The number of hydrogen-bond donors (Lipinski definition) is 3. The first-order valence-corrected chi connectivity index (χ1v) is 8.92. The van der Waals surface area contributed by atoms with Crippen molar-refractivity contribution in [2.75, 3.05) is 0 Å². The van der Waals surface area contributed by atoms with E-state index in [1.165, 1.54) is 24.4 Å². The monoisotopic (exact) mass is 348 g/mol. The molecular formula is C17H20N2O4S. The second-order valence-electron chi connectivity index (χ2n) is 5.84. The molecule has 2 rings (SSSR count). The molecule has 0 aliphatic rings. The largest absolute Gasteiger partial charge is 0.504 e. The Morgan fingerprint density at radius 2 is 1.75 bits per heavy atom. The van der Waals surface area contributed by atoms with Crippen LogP contribution in [0.1, 0.15) is 25.0 Å². The highest BCUT2D eigenvalue weighted by Crippen LogP contribution is 2.24. The summed E-state index contributed by atoms with van der Waals surface area (Å²) in [6.45, 7) is 4.20. The predicted octanol–water partition coefficient (Wildman–Crippen LogP) is 2.61. The normalized spacial score (nSPS) is 12.0. The number of aromatic hydroxyl groups is 2. The van der Waals surface area contributed by atoms with Crippen molar-refractivity contribution in [3.63, 3.8) is 0 Å². The smallest absolute Gasteiger partial charge is 0.276 e. The quantitative estimate of drug-likeness (QED) is 0.424. The van der Waals surface area contributed by atoms with Gasteiger partial charge in [-0.2, -0.15) is 13.5 Å². The van der Waals surface area contributed by atoms with Crippen LogP contribution in [0.2, 0.25) is 0 Å². The van der Waals surface area contributed by atoms with E-state index in [0.29, 0.717) is 11.5 Å². The van der Waals surface area contributed by atoms with Crippen LogP contribution >= 0.6 is 0 Å². The van der Waals surface area contributed by atoms with Crippen LogP contribution in [0.25, 0.3) is 0 Å². The van der Waals surface area contributed by atoms with E-state index in [2.05, 4.69) is 23.8 Å². The number of rotatable bonds is 6. The van der Waals surface area contributed by atoms with Crippen LogP contribution in [-0.2, 0) is 16.4 Å². The third-order valence-corrected chi connectivity index (χ3v) is 4.50. The summed E-state index contributed by atoms with van der Waals surface area (Å²) >= 11 is 0. The number of nitrogens with zero attached hydrogens (tertiary/aromatic N) is 1. The van der Waals surface area contributed by atoms with E-state index >= 15 is 0 Å². The highest BCUT2D eigenvalue weighted by atomic mass is 32.2. The number of phenolic OH excluding ortho intramolecular Hbond substituents is 2. The maximum absolute atomic E-state index is 12.2. The molecule has 128 valence electrons. The predicted molar refractivity (Wildman–Crippen MR) is 92.7 cm³/mol. The van der Waals surface area contributed by atoms with Gasteiger partial charge in [0.1, 0.15) is 0 Å². The SMILES string of the molecule is CC(C)Cc1ccc(S(=O)(=O)N/N=C/c2ccc(O)c(O)c2)cc1. The first-order chi connectivity index (χ1) is 11.3. The molecule has 0 radical (unpaired) electrons. The number of hydrogen-bond acceptors (Lipinski definition) is 5. The summed E-state index contributed by atoms with van der Waals surface area (Å²) in [6.07, 6.45) is 2.13. The number of benzene rings is 2. The zero-order valence-electron chi connectivity index (χ0n) is 13.5. The van der Waals surface area contributed by atoms with Crippen molar-refractivity contribution in [2.45, 2.75) is 25.2 Å².